The maximum atomic E-state index is 6.23. The van der Waals surface area contributed by atoms with Gasteiger partial charge in [-0.15, -0.1) is 11.6 Å². The third kappa shape index (κ3) is 2.11. The van der Waals surface area contributed by atoms with Crippen LogP contribution in [0.1, 0.15) is 18.1 Å². The zero-order valence-corrected chi connectivity index (χ0v) is 12.0. The van der Waals surface area contributed by atoms with Crippen LogP contribution in [0.15, 0.2) is 30.6 Å². The minimum atomic E-state index is -0.202. The summed E-state index contributed by atoms with van der Waals surface area (Å²) in [4.78, 5) is 4.57. The lowest BCUT2D eigenvalue weighted by molar-refractivity contribution is 0.767. The Labute approximate surface area is 120 Å². The van der Waals surface area contributed by atoms with Crippen molar-refractivity contribution >= 4 is 34.2 Å². The summed E-state index contributed by atoms with van der Waals surface area (Å²) in [6, 6.07) is 5.63. The van der Waals surface area contributed by atoms with Crippen molar-refractivity contribution in [3.8, 4) is 5.69 Å². The second-order valence-corrected chi connectivity index (χ2v) is 5.52. The van der Waals surface area contributed by atoms with Crippen LogP contribution in [0.4, 0.5) is 0 Å². The number of benzene rings is 1. The smallest absolute Gasteiger partial charge is 0.132 e. The largest absolute Gasteiger partial charge is 0.292 e. The standard InChI is InChI=1S/C13H12Cl2N4/c1-8(14)13-17-11-5-9(15)3-4-12(11)19(13)10-6-16-18(2)7-10/h3-8H,1-2H3. The van der Waals surface area contributed by atoms with Gasteiger partial charge in [-0.2, -0.15) is 5.10 Å². The van der Waals surface area contributed by atoms with Crippen molar-refractivity contribution in [1.29, 1.82) is 0 Å². The lowest BCUT2D eigenvalue weighted by Gasteiger charge is -2.07. The molecule has 3 aromatic rings. The molecule has 2 heterocycles. The van der Waals surface area contributed by atoms with E-state index in [1.807, 2.05) is 42.9 Å². The van der Waals surface area contributed by atoms with Gasteiger partial charge in [-0.25, -0.2) is 4.98 Å². The lowest BCUT2D eigenvalue weighted by atomic mass is 10.3. The van der Waals surface area contributed by atoms with E-state index in [1.165, 1.54) is 0 Å². The zero-order chi connectivity index (χ0) is 13.6. The van der Waals surface area contributed by atoms with Gasteiger partial charge < -0.3 is 0 Å². The second kappa shape index (κ2) is 4.54. The Morgan fingerprint density at radius 3 is 2.74 bits per heavy atom. The molecule has 4 nitrogen and oxygen atoms in total. The fraction of sp³-hybridized carbons (Fsp3) is 0.231. The number of rotatable bonds is 2. The second-order valence-electron chi connectivity index (χ2n) is 4.43. The Hall–Kier alpha value is -1.52. The van der Waals surface area contributed by atoms with E-state index < -0.39 is 0 Å². The number of aromatic nitrogens is 4. The summed E-state index contributed by atoms with van der Waals surface area (Å²) in [5, 5.41) is 4.66. The van der Waals surface area contributed by atoms with Crippen LogP contribution < -0.4 is 0 Å². The summed E-state index contributed by atoms with van der Waals surface area (Å²) < 4.78 is 3.76. The van der Waals surface area contributed by atoms with E-state index in [0.717, 1.165) is 22.5 Å². The highest BCUT2D eigenvalue weighted by atomic mass is 35.5. The molecule has 0 aliphatic heterocycles. The quantitative estimate of drug-likeness (QED) is 0.676. The molecule has 0 aliphatic rings. The van der Waals surface area contributed by atoms with E-state index >= 15 is 0 Å². The molecule has 6 heteroatoms. The minimum Gasteiger partial charge on any atom is -0.292 e. The van der Waals surface area contributed by atoms with Crippen LogP contribution in [0, 0.1) is 0 Å². The van der Waals surface area contributed by atoms with Crippen molar-refractivity contribution < 1.29 is 0 Å². The predicted molar refractivity (Wildman–Crippen MR) is 77.1 cm³/mol. The van der Waals surface area contributed by atoms with E-state index in [0.29, 0.717) is 5.02 Å². The zero-order valence-electron chi connectivity index (χ0n) is 10.5. The summed E-state index contributed by atoms with van der Waals surface area (Å²) in [6.45, 7) is 1.90. The molecule has 0 N–H and O–H groups in total. The van der Waals surface area contributed by atoms with Gasteiger partial charge in [0.2, 0.25) is 0 Å². The summed E-state index contributed by atoms with van der Waals surface area (Å²) in [6.07, 6.45) is 3.72. The number of fused-ring (bicyclic) bond motifs is 1. The molecule has 0 amide bonds. The molecule has 19 heavy (non-hydrogen) atoms. The summed E-state index contributed by atoms with van der Waals surface area (Å²) in [7, 11) is 1.88. The van der Waals surface area contributed by atoms with Gasteiger partial charge in [0.25, 0.3) is 0 Å². The highest BCUT2D eigenvalue weighted by Crippen LogP contribution is 2.29. The van der Waals surface area contributed by atoms with Gasteiger partial charge in [-0.1, -0.05) is 11.6 Å². The first-order chi connectivity index (χ1) is 9.06. The predicted octanol–water partition coefficient (Wildman–Crippen LogP) is 3.71. The Kier molecular flexibility index (Phi) is 2.99. The first-order valence-electron chi connectivity index (χ1n) is 5.87. The molecule has 98 valence electrons. The van der Waals surface area contributed by atoms with E-state index in [1.54, 1.807) is 10.9 Å². The Morgan fingerprint density at radius 2 is 2.11 bits per heavy atom. The number of imidazole rings is 1. The molecule has 0 aliphatic carbocycles. The van der Waals surface area contributed by atoms with Crippen molar-refractivity contribution in [2.45, 2.75) is 12.3 Å². The molecular formula is C13H12Cl2N4. The third-order valence-corrected chi connectivity index (χ3v) is 3.38. The van der Waals surface area contributed by atoms with Gasteiger partial charge in [-0.3, -0.25) is 9.25 Å². The molecular weight excluding hydrogens is 283 g/mol. The van der Waals surface area contributed by atoms with E-state index in [9.17, 15) is 0 Å². The first-order valence-corrected chi connectivity index (χ1v) is 6.68. The van der Waals surface area contributed by atoms with E-state index in [2.05, 4.69) is 10.1 Å². The number of halogens is 2. The van der Waals surface area contributed by atoms with Crippen LogP contribution in [0.3, 0.4) is 0 Å². The first kappa shape index (κ1) is 12.5. The van der Waals surface area contributed by atoms with Crippen LogP contribution in [0.25, 0.3) is 16.7 Å². The monoisotopic (exact) mass is 294 g/mol. The maximum Gasteiger partial charge on any atom is 0.132 e. The van der Waals surface area contributed by atoms with Crippen LogP contribution in [0.5, 0.6) is 0 Å². The van der Waals surface area contributed by atoms with Crippen LogP contribution in [0.2, 0.25) is 5.02 Å². The van der Waals surface area contributed by atoms with Gasteiger partial charge in [0, 0.05) is 18.3 Å². The van der Waals surface area contributed by atoms with Crippen LogP contribution in [-0.2, 0) is 7.05 Å². The van der Waals surface area contributed by atoms with E-state index in [-0.39, 0.29) is 5.38 Å². The van der Waals surface area contributed by atoms with Gasteiger partial charge >= 0.3 is 0 Å². The molecule has 1 aromatic carbocycles. The molecule has 1 atom stereocenters. The summed E-state index contributed by atoms with van der Waals surface area (Å²) in [5.74, 6) is 0.784. The topological polar surface area (TPSA) is 35.6 Å². The van der Waals surface area contributed by atoms with Crippen molar-refractivity contribution in [3.63, 3.8) is 0 Å². The van der Waals surface area contributed by atoms with Crippen molar-refractivity contribution in [3.05, 3.63) is 41.4 Å². The number of hydrogen-bond acceptors (Lipinski definition) is 2. The third-order valence-electron chi connectivity index (χ3n) is 2.95. The number of alkyl halides is 1. The van der Waals surface area contributed by atoms with Gasteiger partial charge in [0.1, 0.15) is 5.82 Å². The molecule has 0 saturated carbocycles. The summed E-state index contributed by atoms with van der Waals surface area (Å²) >= 11 is 12.2. The van der Waals surface area contributed by atoms with Gasteiger partial charge in [0.05, 0.1) is 28.3 Å². The van der Waals surface area contributed by atoms with Crippen molar-refractivity contribution in [2.24, 2.45) is 7.05 Å². The van der Waals surface area contributed by atoms with Crippen LogP contribution in [-0.4, -0.2) is 19.3 Å². The van der Waals surface area contributed by atoms with Crippen molar-refractivity contribution in [1.82, 2.24) is 19.3 Å². The van der Waals surface area contributed by atoms with Crippen LogP contribution >= 0.6 is 23.2 Å². The highest BCUT2D eigenvalue weighted by molar-refractivity contribution is 6.31. The van der Waals surface area contributed by atoms with Crippen molar-refractivity contribution in [2.75, 3.05) is 0 Å². The molecule has 2 aromatic heterocycles. The Bertz CT molecular complexity index is 742. The summed E-state index contributed by atoms with van der Waals surface area (Å²) in [5.41, 5.74) is 2.74. The highest BCUT2D eigenvalue weighted by Gasteiger charge is 2.17. The average molecular weight is 295 g/mol. The van der Waals surface area contributed by atoms with Gasteiger partial charge in [0.15, 0.2) is 0 Å². The molecule has 0 fully saturated rings. The molecule has 1 unspecified atom stereocenters. The molecule has 3 rings (SSSR count). The van der Waals surface area contributed by atoms with E-state index in [4.69, 9.17) is 23.2 Å². The number of aryl methyl sites for hydroxylation is 1. The fourth-order valence-corrected chi connectivity index (χ4v) is 2.45. The normalized spacial score (nSPS) is 13.1. The maximum absolute atomic E-state index is 6.23. The molecule has 0 spiro atoms. The molecule has 0 radical (unpaired) electrons. The Balaban J connectivity index is 2.34. The molecule has 0 saturated heterocycles. The molecule has 0 bridgehead atoms. The van der Waals surface area contributed by atoms with Gasteiger partial charge in [-0.05, 0) is 25.1 Å². The number of hydrogen-bond donors (Lipinski definition) is 0. The number of nitrogens with zero attached hydrogens (tertiary/aromatic N) is 4. The fourth-order valence-electron chi connectivity index (χ4n) is 2.13. The lowest BCUT2D eigenvalue weighted by Crippen LogP contribution is -2.00. The minimum absolute atomic E-state index is 0.202. The average Bonchev–Trinajstić information content (AvgIpc) is 2.91. The Morgan fingerprint density at radius 1 is 1.32 bits per heavy atom. The SMILES string of the molecule is CC(Cl)c1nc2cc(Cl)ccc2n1-c1cnn(C)c1.